The minimum Gasteiger partial charge on any atom is -0.295 e. The van der Waals surface area contributed by atoms with Gasteiger partial charge in [0.2, 0.25) is 21.8 Å². The second-order valence-electron chi connectivity index (χ2n) is 3.54. The van der Waals surface area contributed by atoms with Gasteiger partial charge in [0.25, 0.3) is 5.91 Å². The van der Waals surface area contributed by atoms with Crippen molar-refractivity contribution in [1.82, 2.24) is 9.62 Å². The number of rotatable bonds is 2. The summed E-state index contributed by atoms with van der Waals surface area (Å²) in [6.07, 6.45) is 0.894. The van der Waals surface area contributed by atoms with E-state index in [1.807, 2.05) is 5.32 Å². The fourth-order valence-electron chi connectivity index (χ4n) is 1.59. The standard InChI is InChI=1S/C8H12N2O5S/c1-5(11)10(16(2,14)15)6-3-4-7(12)9-8(6)13/h6H,3-4H2,1-2H3,(H,9,12,13). The molecule has 1 fully saturated rings. The van der Waals surface area contributed by atoms with E-state index < -0.39 is 33.8 Å². The van der Waals surface area contributed by atoms with Crippen molar-refractivity contribution in [1.29, 1.82) is 0 Å². The van der Waals surface area contributed by atoms with Crippen molar-refractivity contribution in [3.8, 4) is 0 Å². The first-order valence-corrected chi connectivity index (χ1v) is 6.42. The third kappa shape index (κ3) is 2.57. The second-order valence-corrected chi connectivity index (χ2v) is 5.40. The monoisotopic (exact) mass is 248 g/mol. The Morgan fingerprint density at radius 1 is 1.44 bits per heavy atom. The van der Waals surface area contributed by atoms with Crippen molar-refractivity contribution in [2.24, 2.45) is 0 Å². The average molecular weight is 248 g/mol. The zero-order chi connectivity index (χ0) is 12.5. The Morgan fingerprint density at radius 3 is 2.38 bits per heavy atom. The summed E-state index contributed by atoms with van der Waals surface area (Å²) in [5.41, 5.74) is 0. The van der Waals surface area contributed by atoms with Gasteiger partial charge in [-0.1, -0.05) is 0 Å². The first kappa shape index (κ1) is 12.6. The Bertz CT molecular complexity index is 441. The molecular weight excluding hydrogens is 236 g/mol. The summed E-state index contributed by atoms with van der Waals surface area (Å²) in [6.45, 7) is 1.06. The van der Waals surface area contributed by atoms with Gasteiger partial charge in [-0.05, 0) is 6.42 Å². The molecule has 0 radical (unpaired) electrons. The number of carbonyl (C=O) groups is 3. The molecule has 90 valence electrons. The molecule has 1 aliphatic heterocycles. The van der Waals surface area contributed by atoms with Gasteiger partial charge in [-0.15, -0.1) is 0 Å². The van der Waals surface area contributed by atoms with Crippen LogP contribution in [0.2, 0.25) is 0 Å². The normalized spacial score (nSPS) is 21.5. The lowest BCUT2D eigenvalue weighted by Gasteiger charge is -2.29. The molecule has 0 aromatic rings. The molecule has 8 heteroatoms. The van der Waals surface area contributed by atoms with E-state index in [0.717, 1.165) is 13.2 Å². The van der Waals surface area contributed by atoms with Gasteiger partial charge < -0.3 is 0 Å². The van der Waals surface area contributed by atoms with Crippen LogP contribution in [0.5, 0.6) is 0 Å². The van der Waals surface area contributed by atoms with Crippen molar-refractivity contribution < 1.29 is 22.8 Å². The summed E-state index contributed by atoms with van der Waals surface area (Å²) in [7, 11) is -3.80. The van der Waals surface area contributed by atoms with Crippen molar-refractivity contribution in [3.05, 3.63) is 0 Å². The number of piperidine rings is 1. The Labute approximate surface area is 92.8 Å². The first-order chi connectivity index (χ1) is 7.23. The highest BCUT2D eigenvalue weighted by molar-refractivity contribution is 7.88. The number of carbonyl (C=O) groups excluding carboxylic acids is 3. The Hall–Kier alpha value is -1.44. The van der Waals surface area contributed by atoms with Gasteiger partial charge in [0, 0.05) is 13.3 Å². The van der Waals surface area contributed by atoms with Crippen LogP contribution in [-0.2, 0) is 24.4 Å². The summed E-state index contributed by atoms with van der Waals surface area (Å²) in [6, 6.07) is -1.12. The van der Waals surface area contributed by atoms with Crippen molar-refractivity contribution in [2.45, 2.75) is 25.8 Å². The summed E-state index contributed by atoms with van der Waals surface area (Å²) in [5.74, 6) is -1.95. The van der Waals surface area contributed by atoms with Crippen LogP contribution in [0.25, 0.3) is 0 Å². The van der Waals surface area contributed by atoms with Gasteiger partial charge in [-0.25, -0.2) is 12.7 Å². The zero-order valence-electron chi connectivity index (χ0n) is 8.89. The first-order valence-electron chi connectivity index (χ1n) is 4.57. The van der Waals surface area contributed by atoms with Crippen LogP contribution < -0.4 is 5.32 Å². The molecule has 0 spiro atoms. The number of amides is 3. The highest BCUT2D eigenvalue weighted by Gasteiger charge is 2.37. The molecular formula is C8H12N2O5S. The van der Waals surface area contributed by atoms with Gasteiger partial charge in [-0.3, -0.25) is 19.7 Å². The van der Waals surface area contributed by atoms with E-state index in [4.69, 9.17) is 0 Å². The van der Waals surface area contributed by atoms with E-state index in [9.17, 15) is 22.8 Å². The molecule has 3 amide bonds. The van der Waals surface area contributed by atoms with Crippen LogP contribution in [0.4, 0.5) is 0 Å². The molecule has 0 aromatic heterocycles. The van der Waals surface area contributed by atoms with Crippen LogP contribution in [0.1, 0.15) is 19.8 Å². The van der Waals surface area contributed by atoms with Crippen LogP contribution >= 0.6 is 0 Å². The molecule has 7 nitrogen and oxygen atoms in total. The Balaban J connectivity index is 3.01. The molecule has 0 bridgehead atoms. The highest BCUT2D eigenvalue weighted by atomic mass is 32.2. The molecule has 0 aromatic carbocycles. The molecule has 1 atom stereocenters. The quantitative estimate of drug-likeness (QED) is 0.606. The van der Waals surface area contributed by atoms with Crippen molar-refractivity contribution in [3.63, 3.8) is 0 Å². The number of sulfonamides is 1. The maximum absolute atomic E-state index is 11.4. The summed E-state index contributed by atoms with van der Waals surface area (Å²) in [5, 5.41) is 2.00. The smallest absolute Gasteiger partial charge is 0.250 e. The lowest BCUT2D eigenvalue weighted by atomic mass is 10.1. The number of nitrogens with one attached hydrogen (secondary N) is 1. The molecule has 0 aliphatic carbocycles. The molecule has 1 heterocycles. The Morgan fingerprint density at radius 2 is 2.00 bits per heavy atom. The summed E-state index contributed by atoms with van der Waals surface area (Å²) in [4.78, 5) is 33.5. The predicted octanol–water partition coefficient (Wildman–Crippen LogP) is -1.40. The van der Waals surface area contributed by atoms with E-state index in [1.165, 1.54) is 0 Å². The summed E-state index contributed by atoms with van der Waals surface area (Å²) >= 11 is 0. The maximum atomic E-state index is 11.4. The Kier molecular flexibility index (Phi) is 3.32. The van der Waals surface area contributed by atoms with Crippen molar-refractivity contribution in [2.75, 3.05) is 6.26 Å². The van der Waals surface area contributed by atoms with Crippen LogP contribution in [0.3, 0.4) is 0 Å². The fourth-order valence-corrected chi connectivity index (χ4v) is 2.72. The molecule has 1 N–H and O–H groups in total. The van der Waals surface area contributed by atoms with E-state index in [2.05, 4.69) is 0 Å². The number of imide groups is 1. The molecule has 16 heavy (non-hydrogen) atoms. The molecule has 1 aliphatic rings. The minimum absolute atomic E-state index is 0.0235. The summed E-state index contributed by atoms with van der Waals surface area (Å²) < 4.78 is 23.2. The van der Waals surface area contributed by atoms with E-state index in [-0.39, 0.29) is 12.8 Å². The zero-order valence-corrected chi connectivity index (χ0v) is 9.70. The molecule has 1 saturated heterocycles. The van der Waals surface area contributed by atoms with E-state index in [1.54, 1.807) is 0 Å². The van der Waals surface area contributed by atoms with E-state index >= 15 is 0 Å². The van der Waals surface area contributed by atoms with Gasteiger partial charge in [-0.2, -0.15) is 0 Å². The minimum atomic E-state index is -3.80. The van der Waals surface area contributed by atoms with E-state index in [0.29, 0.717) is 4.31 Å². The van der Waals surface area contributed by atoms with Crippen molar-refractivity contribution >= 4 is 27.7 Å². The number of nitrogens with zero attached hydrogens (tertiary/aromatic N) is 1. The van der Waals surface area contributed by atoms with Gasteiger partial charge >= 0.3 is 0 Å². The van der Waals surface area contributed by atoms with Gasteiger partial charge in [0.05, 0.1) is 6.26 Å². The predicted molar refractivity (Wildman–Crippen MR) is 53.5 cm³/mol. The topological polar surface area (TPSA) is 101 Å². The van der Waals surface area contributed by atoms with Crippen LogP contribution in [0, 0.1) is 0 Å². The second kappa shape index (κ2) is 4.20. The number of hydrogen-bond donors (Lipinski definition) is 1. The molecule has 0 saturated carbocycles. The number of hydrogen-bond acceptors (Lipinski definition) is 5. The molecule has 1 rings (SSSR count). The molecule has 1 unspecified atom stereocenters. The maximum Gasteiger partial charge on any atom is 0.250 e. The lowest BCUT2D eigenvalue weighted by molar-refractivity contribution is -0.140. The van der Waals surface area contributed by atoms with Gasteiger partial charge in [0.15, 0.2) is 0 Å². The highest BCUT2D eigenvalue weighted by Crippen LogP contribution is 2.15. The van der Waals surface area contributed by atoms with Crippen LogP contribution in [-0.4, -0.2) is 42.7 Å². The third-order valence-electron chi connectivity index (χ3n) is 2.16. The SMILES string of the molecule is CC(=O)N(C1CCC(=O)NC1=O)S(C)(=O)=O. The fraction of sp³-hybridized carbons (Fsp3) is 0.625. The van der Waals surface area contributed by atoms with Gasteiger partial charge in [0.1, 0.15) is 6.04 Å². The average Bonchev–Trinajstić information content (AvgIpc) is 2.06. The van der Waals surface area contributed by atoms with Crippen LogP contribution in [0.15, 0.2) is 0 Å². The lowest BCUT2D eigenvalue weighted by Crippen LogP contribution is -2.55. The third-order valence-corrected chi connectivity index (χ3v) is 3.39. The largest absolute Gasteiger partial charge is 0.295 e.